The fourth-order valence-electron chi connectivity index (χ4n) is 3.61. The molecule has 9 nitrogen and oxygen atoms in total. The number of carbonyl (C=O) groups is 1. The van der Waals surface area contributed by atoms with Crippen LogP contribution < -0.4 is 21.4 Å². The molecule has 1 unspecified atom stereocenters. The number of aromatic nitrogens is 2. The number of fused-ring (bicyclic) bond motifs is 1. The summed E-state index contributed by atoms with van der Waals surface area (Å²) in [6.45, 7) is 2.62. The van der Waals surface area contributed by atoms with Crippen molar-refractivity contribution in [1.29, 1.82) is 0 Å². The number of carbonyl (C=O) groups excluding carboxylic acids is 1. The van der Waals surface area contributed by atoms with E-state index in [1.165, 1.54) is 12.3 Å². The van der Waals surface area contributed by atoms with Crippen LogP contribution in [0.3, 0.4) is 0 Å². The minimum absolute atomic E-state index is 0.230. The minimum Gasteiger partial charge on any atom is -0.538 e. The summed E-state index contributed by atoms with van der Waals surface area (Å²) in [7, 11) is -1.19. The Kier molecular flexibility index (Phi) is 7.48. The van der Waals surface area contributed by atoms with Crippen molar-refractivity contribution in [3.8, 4) is 0 Å². The van der Waals surface area contributed by atoms with Gasteiger partial charge < -0.3 is 25.6 Å². The summed E-state index contributed by atoms with van der Waals surface area (Å²) in [5.41, 5.74) is 2.79. The number of nitrogens with zero attached hydrogens (tertiary/aromatic N) is 2. The molecule has 4 N–H and O–H groups in total. The lowest BCUT2D eigenvalue weighted by Crippen LogP contribution is -2.42. The SMILES string of the molecule is CCC(Nc1ccc(F)c(Br)c1)c1nonc1NCCNC(=O)c1cccc2c1B(O)OC=C2. The quantitative estimate of drug-likeness (QED) is 0.246. The van der Waals surface area contributed by atoms with Crippen LogP contribution in [0.1, 0.15) is 41.0 Å². The largest absolute Gasteiger partial charge is 0.561 e. The number of anilines is 2. The van der Waals surface area contributed by atoms with Crippen LogP contribution in [0.5, 0.6) is 0 Å². The zero-order chi connectivity index (χ0) is 24.1. The van der Waals surface area contributed by atoms with Crippen molar-refractivity contribution in [1.82, 2.24) is 15.6 Å². The molecule has 1 aliphatic rings. The molecule has 0 spiro atoms. The van der Waals surface area contributed by atoms with E-state index >= 15 is 0 Å². The first-order valence-electron chi connectivity index (χ1n) is 10.7. The van der Waals surface area contributed by atoms with Gasteiger partial charge in [-0.3, -0.25) is 4.79 Å². The van der Waals surface area contributed by atoms with E-state index in [0.717, 1.165) is 5.56 Å². The van der Waals surface area contributed by atoms with E-state index in [0.29, 0.717) is 45.7 Å². The molecule has 12 heteroatoms. The highest BCUT2D eigenvalue weighted by Crippen LogP contribution is 2.28. The lowest BCUT2D eigenvalue weighted by atomic mass is 9.72. The maximum Gasteiger partial charge on any atom is 0.561 e. The Balaban J connectivity index is 1.35. The molecule has 176 valence electrons. The Morgan fingerprint density at radius 2 is 2.12 bits per heavy atom. The van der Waals surface area contributed by atoms with Crippen LogP contribution >= 0.6 is 15.9 Å². The van der Waals surface area contributed by atoms with Gasteiger partial charge in [-0.15, -0.1) is 0 Å². The van der Waals surface area contributed by atoms with E-state index in [1.54, 1.807) is 36.4 Å². The topological polar surface area (TPSA) is 122 Å². The Morgan fingerprint density at radius 3 is 2.91 bits per heavy atom. The molecule has 4 rings (SSSR count). The number of amides is 1. The predicted molar refractivity (Wildman–Crippen MR) is 130 cm³/mol. The second kappa shape index (κ2) is 10.7. The lowest BCUT2D eigenvalue weighted by molar-refractivity contribution is 0.0955. The molecule has 1 aliphatic heterocycles. The van der Waals surface area contributed by atoms with Crippen LogP contribution in [0.15, 0.2) is 51.8 Å². The molecule has 0 saturated carbocycles. The average Bonchev–Trinajstić information content (AvgIpc) is 3.30. The van der Waals surface area contributed by atoms with Crippen molar-refractivity contribution < 1.29 is 23.5 Å². The van der Waals surface area contributed by atoms with Crippen molar-refractivity contribution >= 4 is 52.0 Å². The second-order valence-electron chi connectivity index (χ2n) is 7.51. The van der Waals surface area contributed by atoms with Gasteiger partial charge in [-0.2, -0.15) is 0 Å². The number of hydrogen-bond acceptors (Lipinski definition) is 8. The van der Waals surface area contributed by atoms with Crippen LogP contribution in [-0.4, -0.2) is 41.5 Å². The number of hydrogen-bond donors (Lipinski definition) is 4. The third-order valence-corrected chi connectivity index (χ3v) is 5.91. The molecule has 0 saturated heterocycles. The standard InChI is InChI=1S/C22H22BBrFN5O4/c1-2-18(28-14-6-7-17(25)16(24)12-14)20-21(30-34-29-20)26-9-10-27-22(31)15-5-3-4-13-8-11-33-23(32)19(13)15/h3-8,11-12,18,28,32H,2,9-10H2,1H3,(H,26,30)(H,27,31). The Hall–Kier alpha value is -3.38. The molecule has 1 aromatic heterocycles. The van der Waals surface area contributed by atoms with Gasteiger partial charge in [-0.25, -0.2) is 9.02 Å². The van der Waals surface area contributed by atoms with Crippen LogP contribution in [0, 0.1) is 5.82 Å². The Labute approximate surface area is 204 Å². The fourth-order valence-corrected chi connectivity index (χ4v) is 3.99. The number of benzene rings is 2. The van der Waals surface area contributed by atoms with Gasteiger partial charge in [0, 0.05) is 29.8 Å². The maximum absolute atomic E-state index is 13.5. The first kappa shape index (κ1) is 23.8. The van der Waals surface area contributed by atoms with Gasteiger partial charge in [-0.05, 0) is 63.4 Å². The Bertz CT molecular complexity index is 1210. The van der Waals surface area contributed by atoms with Crippen LogP contribution in [0.4, 0.5) is 15.9 Å². The molecule has 2 aromatic carbocycles. The van der Waals surface area contributed by atoms with Gasteiger partial charge in [0.25, 0.3) is 5.91 Å². The monoisotopic (exact) mass is 529 g/mol. The number of rotatable bonds is 9. The minimum atomic E-state index is -1.19. The van der Waals surface area contributed by atoms with E-state index in [-0.39, 0.29) is 24.3 Å². The predicted octanol–water partition coefficient (Wildman–Crippen LogP) is 3.06. The third kappa shape index (κ3) is 5.23. The summed E-state index contributed by atoms with van der Waals surface area (Å²) in [6.07, 6.45) is 3.77. The molecular weight excluding hydrogens is 508 g/mol. The summed E-state index contributed by atoms with van der Waals surface area (Å²) < 4.78 is 23.9. The smallest absolute Gasteiger partial charge is 0.538 e. The van der Waals surface area contributed by atoms with Gasteiger partial charge in [0.1, 0.15) is 5.82 Å². The molecule has 0 radical (unpaired) electrons. The molecule has 34 heavy (non-hydrogen) atoms. The van der Waals surface area contributed by atoms with Crippen molar-refractivity contribution in [2.24, 2.45) is 0 Å². The summed E-state index contributed by atoms with van der Waals surface area (Å²) in [4.78, 5) is 12.7. The molecule has 0 bridgehead atoms. The van der Waals surface area contributed by atoms with E-state index < -0.39 is 7.12 Å². The van der Waals surface area contributed by atoms with E-state index in [9.17, 15) is 14.2 Å². The Morgan fingerprint density at radius 1 is 1.26 bits per heavy atom. The molecule has 1 amide bonds. The molecular formula is C22H22BBrFN5O4. The van der Waals surface area contributed by atoms with Crippen LogP contribution in [-0.2, 0) is 4.65 Å². The highest BCUT2D eigenvalue weighted by atomic mass is 79.9. The van der Waals surface area contributed by atoms with Crippen molar-refractivity contribution in [2.75, 3.05) is 23.7 Å². The molecule has 0 aliphatic carbocycles. The lowest BCUT2D eigenvalue weighted by Gasteiger charge is -2.18. The van der Waals surface area contributed by atoms with Gasteiger partial charge >= 0.3 is 7.12 Å². The zero-order valence-corrected chi connectivity index (χ0v) is 19.8. The third-order valence-electron chi connectivity index (χ3n) is 5.30. The summed E-state index contributed by atoms with van der Waals surface area (Å²) in [6, 6.07) is 9.61. The fraction of sp³-hybridized carbons (Fsp3) is 0.227. The van der Waals surface area contributed by atoms with E-state index in [2.05, 4.69) is 42.2 Å². The van der Waals surface area contributed by atoms with Crippen LogP contribution in [0.25, 0.3) is 6.08 Å². The van der Waals surface area contributed by atoms with E-state index in [1.807, 2.05) is 6.92 Å². The maximum atomic E-state index is 13.5. The zero-order valence-electron chi connectivity index (χ0n) is 18.2. The van der Waals surface area contributed by atoms with Crippen molar-refractivity contribution in [3.63, 3.8) is 0 Å². The molecule has 2 heterocycles. The van der Waals surface area contributed by atoms with Gasteiger partial charge in [0.2, 0.25) is 0 Å². The van der Waals surface area contributed by atoms with Crippen LogP contribution in [0.2, 0.25) is 0 Å². The normalized spacial score (nSPS) is 13.1. The first-order chi connectivity index (χ1) is 16.5. The van der Waals surface area contributed by atoms with Crippen molar-refractivity contribution in [3.05, 3.63) is 69.8 Å². The molecule has 3 aromatic rings. The average molecular weight is 530 g/mol. The second-order valence-corrected chi connectivity index (χ2v) is 8.37. The highest BCUT2D eigenvalue weighted by Gasteiger charge is 2.29. The number of halogens is 2. The first-order valence-corrected chi connectivity index (χ1v) is 11.5. The highest BCUT2D eigenvalue weighted by molar-refractivity contribution is 9.10. The van der Waals surface area contributed by atoms with E-state index in [4.69, 9.17) is 9.28 Å². The number of nitrogens with one attached hydrogen (secondary N) is 3. The summed E-state index contributed by atoms with van der Waals surface area (Å²) in [5, 5.41) is 27.3. The molecule has 0 fully saturated rings. The summed E-state index contributed by atoms with van der Waals surface area (Å²) >= 11 is 3.18. The van der Waals surface area contributed by atoms with Crippen molar-refractivity contribution in [2.45, 2.75) is 19.4 Å². The van der Waals surface area contributed by atoms with Gasteiger partial charge in [0.15, 0.2) is 11.5 Å². The van der Waals surface area contributed by atoms with Gasteiger partial charge in [0.05, 0.1) is 16.8 Å². The summed E-state index contributed by atoms with van der Waals surface area (Å²) in [5.74, 6) is -0.230. The van der Waals surface area contributed by atoms with Gasteiger partial charge in [-0.1, -0.05) is 24.2 Å². The molecule has 1 atom stereocenters.